The molecule has 3 heterocycles. The Bertz CT molecular complexity index is 1240. The third kappa shape index (κ3) is 3.70. The molecule has 3 aromatic heterocycles. The van der Waals surface area contributed by atoms with Gasteiger partial charge in [0.15, 0.2) is 5.82 Å². The number of aryl methyl sites for hydroxylation is 1. The number of aromatic nitrogens is 5. The molecule has 0 saturated heterocycles. The molecule has 0 saturated carbocycles. The topological polar surface area (TPSA) is 118 Å². The standard InChI is InChI=1S/C20H19N7O2/c1-3-21-20(29)26-19-24-15-10-13(12-5-8-27(2)16(28)11-12)9-14(17(15)25-19)18-22-6-4-7-23-18/h4-11H,3H2,1-2H3,(H3,21,24,25,26,29). The highest BCUT2D eigenvalue weighted by Crippen LogP contribution is 2.31. The minimum atomic E-state index is -0.351. The summed E-state index contributed by atoms with van der Waals surface area (Å²) in [5.41, 5.74) is 3.47. The summed E-state index contributed by atoms with van der Waals surface area (Å²) in [4.78, 5) is 40.2. The lowest BCUT2D eigenvalue weighted by molar-refractivity contribution is 0.252. The highest BCUT2D eigenvalue weighted by atomic mass is 16.2. The number of imidazole rings is 1. The lowest BCUT2D eigenvalue weighted by atomic mass is 10.0. The molecule has 3 N–H and O–H groups in total. The van der Waals surface area contributed by atoms with Crippen molar-refractivity contribution in [2.24, 2.45) is 7.05 Å². The number of nitrogens with zero attached hydrogens (tertiary/aromatic N) is 4. The van der Waals surface area contributed by atoms with E-state index >= 15 is 0 Å². The van der Waals surface area contributed by atoms with E-state index in [1.807, 2.05) is 25.1 Å². The molecule has 0 unspecified atom stereocenters. The van der Waals surface area contributed by atoms with Crippen molar-refractivity contribution in [3.63, 3.8) is 0 Å². The number of benzene rings is 1. The minimum Gasteiger partial charge on any atom is -0.338 e. The molecule has 4 aromatic rings. The SMILES string of the molecule is CCNC(=O)Nc1nc2c(-c3ncccn3)cc(-c3ccn(C)c(=O)c3)cc2[nH]1. The fourth-order valence-electron chi connectivity index (χ4n) is 2.99. The van der Waals surface area contributed by atoms with Gasteiger partial charge in [-0.2, -0.15) is 0 Å². The first kappa shape index (κ1) is 18.4. The Morgan fingerprint density at radius 2 is 1.97 bits per heavy atom. The van der Waals surface area contributed by atoms with E-state index in [-0.39, 0.29) is 11.6 Å². The predicted octanol–water partition coefficient (Wildman–Crippen LogP) is 2.53. The predicted molar refractivity (Wildman–Crippen MR) is 110 cm³/mol. The summed E-state index contributed by atoms with van der Waals surface area (Å²) >= 11 is 0. The van der Waals surface area contributed by atoms with Crippen molar-refractivity contribution < 1.29 is 4.79 Å². The van der Waals surface area contributed by atoms with Crippen LogP contribution in [0.25, 0.3) is 33.5 Å². The van der Waals surface area contributed by atoms with Crippen molar-refractivity contribution >= 4 is 23.0 Å². The van der Waals surface area contributed by atoms with E-state index < -0.39 is 0 Å². The number of amides is 2. The molecule has 0 fully saturated rings. The van der Waals surface area contributed by atoms with Gasteiger partial charge in [-0.3, -0.25) is 10.1 Å². The molecule has 0 radical (unpaired) electrons. The molecule has 0 spiro atoms. The number of carbonyl (C=O) groups excluding carboxylic acids is 1. The number of hydrogen-bond acceptors (Lipinski definition) is 5. The van der Waals surface area contributed by atoms with Crippen LogP contribution in [0.5, 0.6) is 0 Å². The number of H-pyrrole nitrogens is 1. The Morgan fingerprint density at radius 3 is 2.69 bits per heavy atom. The van der Waals surface area contributed by atoms with E-state index in [4.69, 9.17) is 0 Å². The normalized spacial score (nSPS) is 10.8. The van der Waals surface area contributed by atoms with E-state index in [0.29, 0.717) is 34.9 Å². The Hall–Kier alpha value is -4.01. The number of fused-ring (bicyclic) bond motifs is 1. The van der Waals surface area contributed by atoms with Gasteiger partial charge in [-0.25, -0.2) is 19.7 Å². The van der Waals surface area contributed by atoms with E-state index in [1.165, 1.54) is 4.57 Å². The Kier molecular flexibility index (Phi) is 4.78. The second kappa shape index (κ2) is 7.55. The number of hydrogen-bond donors (Lipinski definition) is 3. The van der Waals surface area contributed by atoms with Gasteiger partial charge >= 0.3 is 6.03 Å². The molecule has 146 valence electrons. The monoisotopic (exact) mass is 389 g/mol. The van der Waals surface area contributed by atoms with Gasteiger partial charge in [0.2, 0.25) is 5.95 Å². The molecule has 0 atom stereocenters. The van der Waals surface area contributed by atoms with E-state index in [2.05, 4.69) is 30.6 Å². The van der Waals surface area contributed by atoms with Crippen LogP contribution in [0, 0.1) is 0 Å². The van der Waals surface area contributed by atoms with Crippen LogP contribution in [0.3, 0.4) is 0 Å². The Balaban J connectivity index is 1.88. The molecule has 1 aromatic carbocycles. The van der Waals surface area contributed by atoms with Crippen LogP contribution in [0.1, 0.15) is 6.92 Å². The molecule has 0 aliphatic carbocycles. The third-order valence-corrected chi connectivity index (χ3v) is 4.40. The number of urea groups is 1. The van der Waals surface area contributed by atoms with Gasteiger partial charge in [0, 0.05) is 43.8 Å². The highest BCUT2D eigenvalue weighted by molar-refractivity contribution is 5.97. The zero-order chi connectivity index (χ0) is 20.4. The fraction of sp³-hybridized carbons (Fsp3) is 0.150. The Labute approximate surface area is 165 Å². The summed E-state index contributed by atoms with van der Waals surface area (Å²) in [6.45, 7) is 2.34. The van der Waals surface area contributed by atoms with Crippen molar-refractivity contribution in [1.29, 1.82) is 0 Å². The zero-order valence-corrected chi connectivity index (χ0v) is 15.9. The van der Waals surface area contributed by atoms with Crippen LogP contribution in [-0.2, 0) is 7.05 Å². The molecular formula is C20H19N7O2. The molecule has 0 bridgehead atoms. The van der Waals surface area contributed by atoms with Crippen LogP contribution in [0.4, 0.5) is 10.7 Å². The number of pyridine rings is 1. The van der Waals surface area contributed by atoms with Crippen molar-refractivity contribution in [1.82, 2.24) is 29.8 Å². The molecule has 0 aliphatic rings. The lowest BCUT2D eigenvalue weighted by Crippen LogP contribution is -2.28. The maximum atomic E-state index is 12.1. The van der Waals surface area contributed by atoms with Gasteiger partial charge in [-0.15, -0.1) is 0 Å². The maximum absolute atomic E-state index is 12.1. The fourth-order valence-corrected chi connectivity index (χ4v) is 2.99. The molecule has 29 heavy (non-hydrogen) atoms. The molecule has 9 heteroatoms. The number of rotatable bonds is 4. The first-order chi connectivity index (χ1) is 14.0. The largest absolute Gasteiger partial charge is 0.338 e. The molecule has 0 aliphatic heterocycles. The first-order valence-corrected chi connectivity index (χ1v) is 9.08. The van der Waals surface area contributed by atoms with Crippen molar-refractivity contribution in [3.8, 4) is 22.5 Å². The van der Waals surface area contributed by atoms with Gasteiger partial charge in [0.1, 0.15) is 5.52 Å². The van der Waals surface area contributed by atoms with Crippen LogP contribution < -0.4 is 16.2 Å². The van der Waals surface area contributed by atoms with Crippen LogP contribution in [-0.4, -0.2) is 37.1 Å². The summed E-state index contributed by atoms with van der Waals surface area (Å²) in [6.07, 6.45) is 5.02. The smallest absolute Gasteiger partial charge is 0.321 e. The summed E-state index contributed by atoms with van der Waals surface area (Å²) in [5, 5.41) is 5.34. The summed E-state index contributed by atoms with van der Waals surface area (Å²) in [6, 6.07) is 8.59. The lowest BCUT2D eigenvalue weighted by Gasteiger charge is -2.07. The molecule has 2 amide bonds. The van der Waals surface area contributed by atoms with Gasteiger partial charge in [-0.05, 0) is 42.3 Å². The molecule has 4 rings (SSSR count). The van der Waals surface area contributed by atoms with E-state index in [0.717, 1.165) is 11.1 Å². The Morgan fingerprint density at radius 1 is 1.17 bits per heavy atom. The maximum Gasteiger partial charge on any atom is 0.321 e. The van der Waals surface area contributed by atoms with Crippen LogP contribution in [0.15, 0.2) is 53.7 Å². The minimum absolute atomic E-state index is 0.108. The average Bonchev–Trinajstić information content (AvgIpc) is 3.12. The summed E-state index contributed by atoms with van der Waals surface area (Å²) < 4.78 is 1.51. The number of carbonyl (C=O) groups is 1. The summed E-state index contributed by atoms with van der Waals surface area (Å²) in [7, 11) is 1.70. The van der Waals surface area contributed by atoms with Crippen LogP contribution in [0.2, 0.25) is 0 Å². The second-order valence-electron chi connectivity index (χ2n) is 6.43. The third-order valence-electron chi connectivity index (χ3n) is 4.40. The van der Waals surface area contributed by atoms with Crippen molar-refractivity contribution in [2.45, 2.75) is 6.92 Å². The zero-order valence-electron chi connectivity index (χ0n) is 15.9. The second-order valence-corrected chi connectivity index (χ2v) is 6.43. The first-order valence-electron chi connectivity index (χ1n) is 9.08. The van der Waals surface area contributed by atoms with Gasteiger partial charge in [-0.1, -0.05) is 0 Å². The van der Waals surface area contributed by atoms with Gasteiger partial charge in [0.05, 0.1) is 5.52 Å². The quantitative estimate of drug-likeness (QED) is 0.496. The number of anilines is 1. The van der Waals surface area contributed by atoms with Gasteiger partial charge < -0.3 is 14.9 Å². The number of aromatic amines is 1. The van der Waals surface area contributed by atoms with E-state index in [1.54, 1.807) is 37.8 Å². The van der Waals surface area contributed by atoms with Crippen molar-refractivity contribution in [3.05, 3.63) is 59.3 Å². The summed E-state index contributed by atoms with van der Waals surface area (Å²) in [5.74, 6) is 0.809. The van der Waals surface area contributed by atoms with E-state index in [9.17, 15) is 9.59 Å². The van der Waals surface area contributed by atoms with Crippen LogP contribution >= 0.6 is 0 Å². The number of nitrogens with one attached hydrogen (secondary N) is 3. The van der Waals surface area contributed by atoms with Crippen molar-refractivity contribution in [2.75, 3.05) is 11.9 Å². The highest BCUT2D eigenvalue weighted by Gasteiger charge is 2.15. The molecule has 9 nitrogen and oxygen atoms in total. The van der Waals surface area contributed by atoms with Gasteiger partial charge in [0.25, 0.3) is 5.56 Å². The molecular weight excluding hydrogens is 370 g/mol. The average molecular weight is 389 g/mol.